The first-order valence-corrected chi connectivity index (χ1v) is 10.7. The van der Waals surface area contributed by atoms with Crippen molar-refractivity contribution in [3.05, 3.63) is 27.8 Å². The molecule has 0 aliphatic carbocycles. The number of nitrogens with one attached hydrogen (secondary N) is 1. The van der Waals surface area contributed by atoms with Gasteiger partial charge in [-0.25, -0.2) is 9.67 Å². The maximum absolute atomic E-state index is 13.7. The molecule has 4 rings (SSSR count). The Bertz CT molecular complexity index is 906. The summed E-state index contributed by atoms with van der Waals surface area (Å²) in [6.07, 6.45) is -2.95. The summed E-state index contributed by atoms with van der Waals surface area (Å²) in [7, 11) is 0. The number of likely N-dealkylation sites (tertiary alicyclic amines) is 1. The monoisotopic (exact) mass is 427 g/mol. The fourth-order valence-corrected chi connectivity index (χ4v) is 4.93. The molecule has 1 saturated heterocycles. The summed E-state index contributed by atoms with van der Waals surface area (Å²) in [6.45, 7) is 6.17. The second-order valence-corrected chi connectivity index (χ2v) is 8.97. The molecule has 0 unspecified atom stereocenters. The van der Waals surface area contributed by atoms with Gasteiger partial charge in [-0.15, -0.1) is 11.3 Å². The lowest BCUT2D eigenvalue weighted by Crippen LogP contribution is -2.41. The number of nitrogens with zero attached hydrogens (tertiary/aromatic N) is 4. The predicted molar refractivity (Wildman–Crippen MR) is 104 cm³/mol. The highest BCUT2D eigenvalue weighted by Gasteiger charge is 2.47. The van der Waals surface area contributed by atoms with Crippen LogP contribution >= 0.6 is 11.3 Å². The minimum absolute atomic E-state index is 0.0529. The zero-order valence-corrected chi connectivity index (χ0v) is 17.3. The molecule has 0 bridgehead atoms. The number of anilines is 1. The van der Waals surface area contributed by atoms with Gasteiger partial charge in [0.25, 0.3) is 5.91 Å². The van der Waals surface area contributed by atoms with Crippen molar-refractivity contribution in [1.82, 2.24) is 19.7 Å². The molecule has 2 aromatic rings. The SMILES string of the molecule is Cc1ncsc1C(=O)N1CCC[C@@H]1c1cc2n(n1)[C@@H](C(F)(F)F)C[C@@H](C(C)C)N2. The van der Waals surface area contributed by atoms with Crippen molar-refractivity contribution < 1.29 is 18.0 Å². The molecule has 2 aliphatic rings. The molecular weight excluding hydrogens is 403 g/mol. The fourth-order valence-electron chi connectivity index (χ4n) is 4.18. The highest BCUT2D eigenvalue weighted by atomic mass is 32.1. The Balaban J connectivity index is 1.66. The van der Waals surface area contributed by atoms with Crippen molar-refractivity contribution in [3.8, 4) is 0 Å². The second kappa shape index (κ2) is 7.30. The van der Waals surface area contributed by atoms with Crippen molar-refractivity contribution in [3.63, 3.8) is 0 Å². The molecule has 1 fully saturated rings. The number of aromatic nitrogens is 3. The van der Waals surface area contributed by atoms with Crippen molar-refractivity contribution in [2.45, 2.75) is 64.3 Å². The summed E-state index contributed by atoms with van der Waals surface area (Å²) in [6, 6.07) is -0.576. The zero-order chi connectivity index (χ0) is 20.9. The van der Waals surface area contributed by atoms with Crippen LogP contribution in [0, 0.1) is 12.8 Å². The van der Waals surface area contributed by atoms with Gasteiger partial charge in [0.2, 0.25) is 0 Å². The van der Waals surface area contributed by atoms with Crippen LogP contribution in [0.2, 0.25) is 0 Å². The van der Waals surface area contributed by atoms with Crippen LogP contribution < -0.4 is 5.32 Å². The van der Waals surface area contributed by atoms with Gasteiger partial charge in [0.05, 0.1) is 22.9 Å². The quantitative estimate of drug-likeness (QED) is 0.780. The van der Waals surface area contributed by atoms with E-state index in [9.17, 15) is 18.0 Å². The third kappa shape index (κ3) is 3.62. The maximum Gasteiger partial charge on any atom is 0.410 e. The molecule has 158 valence electrons. The molecule has 1 amide bonds. The van der Waals surface area contributed by atoms with E-state index in [1.165, 1.54) is 11.3 Å². The van der Waals surface area contributed by atoms with Crippen LogP contribution in [0.3, 0.4) is 0 Å². The molecule has 6 nitrogen and oxygen atoms in total. The van der Waals surface area contributed by atoms with Gasteiger partial charge in [-0.3, -0.25) is 4.79 Å². The number of hydrogen-bond donors (Lipinski definition) is 1. The van der Waals surface area contributed by atoms with E-state index in [0.29, 0.717) is 35.0 Å². The first-order chi connectivity index (χ1) is 13.7. The van der Waals surface area contributed by atoms with E-state index in [1.54, 1.807) is 23.4 Å². The van der Waals surface area contributed by atoms with Crippen molar-refractivity contribution in [1.29, 1.82) is 0 Å². The number of halogens is 3. The largest absolute Gasteiger partial charge is 0.410 e. The Kier molecular flexibility index (Phi) is 5.08. The van der Waals surface area contributed by atoms with E-state index >= 15 is 0 Å². The molecule has 10 heteroatoms. The van der Waals surface area contributed by atoms with Gasteiger partial charge in [0.1, 0.15) is 10.7 Å². The second-order valence-electron chi connectivity index (χ2n) is 8.11. The highest BCUT2D eigenvalue weighted by molar-refractivity contribution is 7.11. The molecular formula is C19H24F3N5OS. The van der Waals surface area contributed by atoms with Crippen LogP contribution in [-0.2, 0) is 0 Å². The first-order valence-electron chi connectivity index (χ1n) is 9.80. The summed E-state index contributed by atoms with van der Waals surface area (Å²) in [4.78, 5) is 19.4. The smallest absolute Gasteiger partial charge is 0.367 e. The molecule has 0 spiro atoms. The molecule has 2 aliphatic heterocycles. The van der Waals surface area contributed by atoms with Crippen molar-refractivity contribution >= 4 is 23.1 Å². The molecule has 1 N–H and O–H groups in total. The third-order valence-electron chi connectivity index (χ3n) is 5.84. The zero-order valence-electron chi connectivity index (χ0n) is 16.5. The van der Waals surface area contributed by atoms with Crippen molar-refractivity contribution in [2.24, 2.45) is 5.92 Å². The molecule has 0 aromatic carbocycles. The number of carbonyl (C=O) groups is 1. The number of alkyl halides is 3. The highest BCUT2D eigenvalue weighted by Crippen LogP contribution is 2.43. The molecule has 0 radical (unpaired) electrons. The summed E-state index contributed by atoms with van der Waals surface area (Å²) in [5, 5.41) is 7.55. The van der Waals surface area contributed by atoms with Gasteiger partial charge >= 0.3 is 6.18 Å². The molecule has 2 aromatic heterocycles. The number of rotatable bonds is 3. The van der Waals surface area contributed by atoms with E-state index in [2.05, 4.69) is 15.4 Å². The maximum atomic E-state index is 13.7. The van der Waals surface area contributed by atoms with Crippen LogP contribution in [0.4, 0.5) is 19.0 Å². The fraction of sp³-hybridized carbons (Fsp3) is 0.632. The molecule has 29 heavy (non-hydrogen) atoms. The van der Waals surface area contributed by atoms with Gasteiger partial charge in [-0.05, 0) is 32.1 Å². The number of carbonyl (C=O) groups excluding carboxylic acids is 1. The summed E-state index contributed by atoms with van der Waals surface area (Å²) in [5.41, 5.74) is 2.82. The minimum atomic E-state index is -4.38. The van der Waals surface area contributed by atoms with Crippen LogP contribution in [-0.4, -0.2) is 44.3 Å². The Hall–Kier alpha value is -2.10. The van der Waals surface area contributed by atoms with Crippen LogP contribution in [0.1, 0.15) is 66.3 Å². The van der Waals surface area contributed by atoms with Crippen LogP contribution in [0.5, 0.6) is 0 Å². The van der Waals surface area contributed by atoms with Gasteiger partial charge in [-0.2, -0.15) is 18.3 Å². The number of hydrogen-bond acceptors (Lipinski definition) is 5. The van der Waals surface area contributed by atoms with Gasteiger partial charge < -0.3 is 10.2 Å². The number of thiazole rings is 1. The summed E-state index contributed by atoms with van der Waals surface area (Å²) in [5.74, 6) is 0.310. The average Bonchev–Trinajstić information content (AvgIpc) is 3.37. The van der Waals surface area contributed by atoms with Crippen LogP contribution in [0.25, 0.3) is 0 Å². The number of amides is 1. The Labute approximate surface area is 171 Å². The lowest BCUT2D eigenvalue weighted by molar-refractivity contribution is -0.174. The normalized spacial score (nSPS) is 24.7. The lowest BCUT2D eigenvalue weighted by Gasteiger charge is -2.35. The third-order valence-corrected chi connectivity index (χ3v) is 6.75. The van der Waals surface area contributed by atoms with Crippen molar-refractivity contribution in [2.75, 3.05) is 11.9 Å². The van der Waals surface area contributed by atoms with Gasteiger partial charge in [-0.1, -0.05) is 13.8 Å². The standard InChI is InChI=1S/C19H24F3N5OS/c1-10(2)12-7-15(19(20,21)22)27-16(24-12)8-13(25-27)14-5-4-6-26(14)18(28)17-11(3)23-9-29-17/h8-10,12,14-15,24H,4-7H2,1-3H3/t12-,14+,15+/m0/s1. The topological polar surface area (TPSA) is 63.1 Å². The van der Waals surface area contributed by atoms with E-state index in [1.807, 2.05) is 13.8 Å². The number of fused-ring (bicyclic) bond motifs is 1. The predicted octanol–water partition coefficient (Wildman–Crippen LogP) is 4.57. The van der Waals surface area contributed by atoms with E-state index < -0.39 is 12.2 Å². The first kappa shape index (κ1) is 20.2. The van der Waals surface area contributed by atoms with Crippen LogP contribution in [0.15, 0.2) is 11.6 Å². The number of aryl methyl sites for hydroxylation is 1. The summed E-state index contributed by atoms with van der Waals surface area (Å²) < 4.78 is 42.2. The lowest BCUT2D eigenvalue weighted by atomic mass is 9.94. The molecule has 4 heterocycles. The average molecular weight is 427 g/mol. The Morgan fingerprint density at radius 3 is 2.76 bits per heavy atom. The molecule has 3 atom stereocenters. The van der Waals surface area contributed by atoms with E-state index in [-0.39, 0.29) is 30.3 Å². The Morgan fingerprint density at radius 1 is 1.38 bits per heavy atom. The summed E-state index contributed by atoms with van der Waals surface area (Å²) >= 11 is 1.29. The molecule has 0 saturated carbocycles. The Morgan fingerprint density at radius 2 is 2.14 bits per heavy atom. The van der Waals surface area contributed by atoms with Gasteiger partial charge in [0, 0.05) is 18.7 Å². The minimum Gasteiger partial charge on any atom is -0.367 e. The van der Waals surface area contributed by atoms with E-state index in [0.717, 1.165) is 11.1 Å². The van der Waals surface area contributed by atoms with Gasteiger partial charge in [0.15, 0.2) is 6.04 Å². The van der Waals surface area contributed by atoms with E-state index in [4.69, 9.17) is 0 Å².